The number of hydrogen-bond donors (Lipinski definition) is 3. The molecule has 7 nitrogen and oxygen atoms in total. The Morgan fingerprint density at radius 2 is 1.80 bits per heavy atom. The molecule has 3 rings (SSSR count). The maximum Gasteiger partial charge on any atom is 0.237 e. The highest BCUT2D eigenvalue weighted by Gasteiger charge is 2.16. The lowest BCUT2D eigenvalue weighted by atomic mass is 10.2. The smallest absolute Gasteiger partial charge is 0.237 e. The van der Waals surface area contributed by atoms with Gasteiger partial charge < -0.3 is 16.4 Å². The fraction of sp³-hybridized carbons (Fsp3) is 0.200. The number of anilines is 4. The van der Waals surface area contributed by atoms with E-state index in [1.807, 2.05) is 0 Å². The number of aromatic nitrogens is 3. The van der Waals surface area contributed by atoms with E-state index in [0.717, 1.165) is 0 Å². The van der Waals surface area contributed by atoms with E-state index in [1.54, 1.807) is 38.1 Å². The number of rotatable bonds is 7. The number of amides is 1. The second-order valence-electron chi connectivity index (χ2n) is 6.47. The molecule has 0 bridgehead atoms. The lowest BCUT2D eigenvalue weighted by molar-refractivity contribution is -0.115. The maximum atomic E-state index is 13.6. The average Bonchev–Trinajstić information content (AvgIpc) is 2.70. The Bertz CT molecular complexity index is 1050. The van der Waals surface area contributed by atoms with E-state index in [0.29, 0.717) is 28.5 Å². The zero-order valence-electron chi connectivity index (χ0n) is 16.3. The van der Waals surface area contributed by atoms with Gasteiger partial charge in [-0.2, -0.15) is 15.0 Å². The van der Waals surface area contributed by atoms with Crippen LogP contribution in [-0.4, -0.2) is 26.1 Å². The Balaban J connectivity index is 1.60. The molecule has 1 atom stereocenters. The van der Waals surface area contributed by atoms with Crippen LogP contribution in [0.2, 0.25) is 0 Å². The molecule has 4 N–H and O–H groups in total. The summed E-state index contributed by atoms with van der Waals surface area (Å²) in [6.07, 6.45) is 0. The summed E-state index contributed by atoms with van der Waals surface area (Å²) in [4.78, 5) is 24.7. The molecule has 0 radical (unpaired) electrons. The average molecular weight is 430 g/mol. The van der Waals surface area contributed by atoms with Crippen LogP contribution in [0.1, 0.15) is 18.3 Å². The molecule has 0 aliphatic heterocycles. The summed E-state index contributed by atoms with van der Waals surface area (Å²) < 4.78 is 26.7. The van der Waals surface area contributed by atoms with Crippen molar-refractivity contribution >= 4 is 40.9 Å². The quantitative estimate of drug-likeness (QED) is 0.519. The van der Waals surface area contributed by atoms with Crippen molar-refractivity contribution in [1.82, 2.24) is 15.0 Å². The van der Waals surface area contributed by atoms with Gasteiger partial charge in [0.15, 0.2) is 0 Å². The summed E-state index contributed by atoms with van der Waals surface area (Å²) in [6.45, 7) is 3.38. The second-order valence-corrected chi connectivity index (χ2v) is 7.80. The number of nitrogen functional groups attached to an aromatic ring is 1. The predicted octanol–water partition coefficient (Wildman–Crippen LogP) is 4.04. The summed E-state index contributed by atoms with van der Waals surface area (Å²) in [5, 5.41) is 5.17. The van der Waals surface area contributed by atoms with Crippen LogP contribution in [0.4, 0.5) is 32.1 Å². The fourth-order valence-electron chi connectivity index (χ4n) is 2.41. The fourth-order valence-corrected chi connectivity index (χ4v) is 3.15. The Labute approximate surface area is 176 Å². The highest BCUT2D eigenvalue weighted by molar-refractivity contribution is 7.99. The minimum atomic E-state index is -0.444. The molecule has 0 saturated heterocycles. The molecule has 2 aromatic carbocycles. The minimum Gasteiger partial charge on any atom is -0.368 e. The molecule has 0 aliphatic rings. The van der Waals surface area contributed by atoms with Crippen LogP contribution in [0.3, 0.4) is 0 Å². The number of carbonyl (C=O) groups excluding carboxylic acids is 1. The zero-order valence-corrected chi connectivity index (χ0v) is 17.1. The van der Waals surface area contributed by atoms with Gasteiger partial charge in [-0.1, -0.05) is 6.07 Å². The van der Waals surface area contributed by atoms with Crippen LogP contribution in [0.25, 0.3) is 0 Å². The molecule has 10 heteroatoms. The van der Waals surface area contributed by atoms with Gasteiger partial charge in [0.05, 0.1) is 11.0 Å². The van der Waals surface area contributed by atoms with Gasteiger partial charge in [0.2, 0.25) is 17.8 Å². The molecule has 1 aromatic heterocycles. The first kappa shape index (κ1) is 21.4. The molecular formula is C20H20F2N6OS. The third-order valence-electron chi connectivity index (χ3n) is 4.07. The number of thioether (sulfide) groups is 1. The van der Waals surface area contributed by atoms with Gasteiger partial charge in [-0.05, 0) is 55.8 Å². The molecule has 30 heavy (non-hydrogen) atoms. The number of halogens is 2. The van der Waals surface area contributed by atoms with Crippen LogP contribution in [0.5, 0.6) is 0 Å². The van der Waals surface area contributed by atoms with Gasteiger partial charge in [0.25, 0.3) is 0 Å². The van der Waals surface area contributed by atoms with Crippen molar-refractivity contribution in [2.75, 3.05) is 16.4 Å². The number of hydrogen-bond acceptors (Lipinski definition) is 7. The molecule has 1 amide bonds. The normalized spacial score (nSPS) is 11.7. The number of aryl methyl sites for hydroxylation is 1. The standard InChI is InChI=1S/C20H20F2N6OS/c1-11-3-6-15(9-16(11)22)24-18(29)12(2)30-10-17-26-19(23)28-20(27-17)25-14-7-4-13(21)5-8-14/h3-9,12H,10H2,1-2H3,(H,24,29)(H3,23,25,26,27,28)/t12-/m1/s1. The van der Waals surface area contributed by atoms with Crippen molar-refractivity contribution in [1.29, 1.82) is 0 Å². The van der Waals surface area contributed by atoms with Gasteiger partial charge in [-0.3, -0.25) is 4.79 Å². The van der Waals surface area contributed by atoms with E-state index in [-0.39, 0.29) is 29.4 Å². The van der Waals surface area contributed by atoms with Crippen LogP contribution < -0.4 is 16.4 Å². The number of nitrogens with one attached hydrogen (secondary N) is 2. The monoisotopic (exact) mass is 430 g/mol. The molecule has 1 heterocycles. The minimum absolute atomic E-state index is 0.0254. The van der Waals surface area contributed by atoms with Gasteiger partial charge >= 0.3 is 0 Å². The summed E-state index contributed by atoms with van der Waals surface area (Å²) in [5.74, 6) is -0.0624. The number of carbonyl (C=O) groups is 1. The van der Waals surface area contributed by atoms with Crippen molar-refractivity contribution in [3.05, 3.63) is 65.5 Å². The van der Waals surface area contributed by atoms with E-state index >= 15 is 0 Å². The molecule has 0 spiro atoms. The Hall–Kier alpha value is -3.27. The molecule has 3 aromatic rings. The molecule has 0 saturated carbocycles. The van der Waals surface area contributed by atoms with Crippen LogP contribution in [0.15, 0.2) is 42.5 Å². The predicted molar refractivity (Wildman–Crippen MR) is 114 cm³/mol. The first-order valence-corrected chi connectivity index (χ1v) is 10.1. The number of nitrogens with two attached hydrogens (primary N) is 1. The first-order chi connectivity index (χ1) is 14.3. The Kier molecular flexibility index (Phi) is 6.78. The third-order valence-corrected chi connectivity index (χ3v) is 5.21. The lowest BCUT2D eigenvalue weighted by Gasteiger charge is -2.12. The van der Waals surface area contributed by atoms with Gasteiger partial charge in [-0.15, -0.1) is 11.8 Å². The Morgan fingerprint density at radius 1 is 1.10 bits per heavy atom. The van der Waals surface area contributed by atoms with Crippen molar-refractivity contribution in [3.8, 4) is 0 Å². The topological polar surface area (TPSA) is 106 Å². The second kappa shape index (κ2) is 9.49. The van der Waals surface area contributed by atoms with Crippen molar-refractivity contribution in [2.24, 2.45) is 0 Å². The highest BCUT2D eigenvalue weighted by atomic mass is 32.2. The molecular weight excluding hydrogens is 410 g/mol. The van der Waals surface area contributed by atoms with E-state index < -0.39 is 5.25 Å². The Morgan fingerprint density at radius 3 is 2.50 bits per heavy atom. The molecule has 0 unspecified atom stereocenters. The van der Waals surface area contributed by atoms with Gasteiger partial charge in [0, 0.05) is 11.4 Å². The molecule has 156 valence electrons. The summed E-state index contributed by atoms with van der Waals surface area (Å²) >= 11 is 1.30. The van der Waals surface area contributed by atoms with Crippen molar-refractivity contribution in [3.63, 3.8) is 0 Å². The molecule has 0 fully saturated rings. The highest BCUT2D eigenvalue weighted by Crippen LogP contribution is 2.21. The van der Waals surface area contributed by atoms with E-state index in [1.165, 1.54) is 30.0 Å². The van der Waals surface area contributed by atoms with Crippen molar-refractivity contribution in [2.45, 2.75) is 24.9 Å². The molecule has 0 aliphatic carbocycles. The maximum absolute atomic E-state index is 13.6. The summed E-state index contributed by atoms with van der Waals surface area (Å²) in [5.41, 5.74) is 7.24. The van der Waals surface area contributed by atoms with Crippen LogP contribution in [0, 0.1) is 18.6 Å². The largest absolute Gasteiger partial charge is 0.368 e. The van der Waals surface area contributed by atoms with E-state index in [9.17, 15) is 13.6 Å². The van der Waals surface area contributed by atoms with Crippen LogP contribution in [-0.2, 0) is 10.5 Å². The first-order valence-electron chi connectivity index (χ1n) is 9.02. The SMILES string of the molecule is Cc1ccc(NC(=O)[C@@H](C)SCc2nc(N)nc(Nc3ccc(F)cc3)n2)cc1F. The van der Waals surface area contributed by atoms with E-state index in [4.69, 9.17) is 5.73 Å². The number of nitrogens with zero attached hydrogens (tertiary/aromatic N) is 3. The van der Waals surface area contributed by atoms with E-state index in [2.05, 4.69) is 25.6 Å². The number of benzene rings is 2. The van der Waals surface area contributed by atoms with Crippen molar-refractivity contribution < 1.29 is 13.6 Å². The lowest BCUT2D eigenvalue weighted by Crippen LogP contribution is -2.23. The van der Waals surface area contributed by atoms with Crippen LogP contribution >= 0.6 is 11.8 Å². The summed E-state index contributed by atoms with van der Waals surface area (Å²) in [7, 11) is 0. The van der Waals surface area contributed by atoms with Gasteiger partial charge in [0.1, 0.15) is 17.5 Å². The zero-order chi connectivity index (χ0) is 21.7. The third kappa shape index (κ3) is 5.86. The van der Waals surface area contributed by atoms with Gasteiger partial charge in [-0.25, -0.2) is 8.78 Å². The summed E-state index contributed by atoms with van der Waals surface area (Å²) in [6, 6.07) is 10.2.